The molecule has 27 heavy (non-hydrogen) atoms. The van der Waals surface area contributed by atoms with E-state index in [9.17, 15) is 9.59 Å². The van der Waals surface area contributed by atoms with Crippen molar-refractivity contribution in [3.63, 3.8) is 0 Å². The number of amides is 1. The van der Waals surface area contributed by atoms with Gasteiger partial charge in [-0.2, -0.15) is 5.10 Å². The third kappa shape index (κ3) is 3.35. The molecular weight excluding hydrogens is 344 g/mol. The lowest BCUT2D eigenvalue weighted by molar-refractivity contribution is -0.135. The second-order valence-corrected chi connectivity index (χ2v) is 6.70. The van der Waals surface area contributed by atoms with Gasteiger partial charge in [0.2, 0.25) is 11.3 Å². The van der Waals surface area contributed by atoms with Crippen molar-refractivity contribution in [2.24, 2.45) is 7.05 Å². The Hall–Kier alpha value is -3.00. The van der Waals surface area contributed by atoms with Crippen molar-refractivity contribution < 1.29 is 4.79 Å². The summed E-state index contributed by atoms with van der Waals surface area (Å²) in [5, 5.41) is 8.17. The molecule has 3 heterocycles. The van der Waals surface area contributed by atoms with E-state index in [0.717, 1.165) is 17.9 Å². The summed E-state index contributed by atoms with van der Waals surface area (Å²) < 4.78 is 3.68. The van der Waals surface area contributed by atoms with Crippen molar-refractivity contribution in [1.82, 2.24) is 29.5 Å². The summed E-state index contributed by atoms with van der Waals surface area (Å²) in [5.74, 6) is 0.941. The van der Waals surface area contributed by atoms with E-state index in [-0.39, 0.29) is 17.4 Å². The molecule has 1 aliphatic rings. The number of para-hydroxylation sites is 1. The normalized spacial score (nSPS) is 17.4. The molecule has 1 saturated heterocycles. The number of aromatic nitrogens is 4. The first-order chi connectivity index (χ1) is 13.1. The molecule has 0 aliphatic carbocycles. The highest BCUT2D eigenvalue weighted by Gasteiger charge is 2.30. The van der Waals surface area contributed by atoms with Crippen LogP contribution in [0.3, 0.4) is 0 Å². The van der Waals surface area contributed by atoms with Crippen molar-refractivity contribution in [2.45, 2.75) is 19.0 Å². The summed E-state index contributed by atoms with van der Waals surface area (Å²) in [6.07, 6.45) is 5.28. The quantitative estimate of drug-likeness (QED) is 0.734. The first kappa shape index (κ1) is 17.4. The highest BCUT2D eigenvalue weighted by molar-refractivity contribution is 5.79. The molecule has 8 heteroatoms. The second kappa shape index (κ2) is 7.32. The van der Waals surface area contributed by atoms with Crippen LogP contribution < -0.4 is 10.7 Å². The number of imidazole rings is 1. The molecule has 1 aromatic carbocycles. The molecule has 0 radical (unpaired) electrons. The van der Waals surface area contributed by atoms with Crippen molar-refractivity contribution in [1.29, 1.82) is 0 Å². The molecule has 8 nitrogen and oxygen atoms in total. The minimum atomic E-state index is -0.106. The van der Waals surface area contributed by atoms with Crippen LogP contribution in [0.1, 0.15) is 18.3 Å². The fourth-order valence-electron chi connectivity index (χ4n) is 3.62. The largest absolute Gasteiger partial charge is 0.336 e. The van der Waals surface area contributed by atoms with Crippen LogP contribution in [-0.4, -0.2) is 49.8 Å². The van der Waals surface area contributed by atoms with Gasteiger partial charge in [-0.15, -0.1) is 0 Å². The maximum atomic E-state index is 12.9. The molecule has 3 aromatic rings. The summed E-state index contributed by atoms with van der Waals surface area (Å²) in [7, 11) is 1.94. The molecule has 1 unspecified atom stereocenters. The zero-order valence-electron chi connectivity index (χ0n) is 15.2. The Morgan fingerprint density at radius 2 is 2.19 bits per heavy atom. The molecule has 0 saturated carbocycles. The Morgan fingerprint density at radius 1 is 1.33 bits per heavy atom. The van der Waals surface area contributed by atoms with Crippen molar-refractivity contribution in [2.75, 3.05) is 19.6 Å². The van der Waals surface area contributed by atoms with Gasteiger partial charge in [0.1, 0.15) is 11.9 Å². The zero-order valence-corrected chi connectivity index (χ0v) is 15.2. The van der Waals surface area contributed by atoms with Crippen LogP contribution in [0.5, 0.6) is 0 Å². The Balaban J connectivity index is 1.53. The number of rotatable bonds is 4. The van der Waals surface area contributed by atoms with Crippen molar-refractivity contribution in [3.05, 3.63) is 58.9 Å². The average molecular weight is 366 g/mol. The van der Waals surface area contributed by atoms with Gasteiger partial charge in [-0.3, -0.25) is 14.3 Å². The summed E-state index contributed by atoms with van der Waals surface area (Å²) in [6.45, 7) is 2.53. The predicted octanol–water partition coefficient (Wildman–Crippen LogP) is 0.693. The number of piperazine rings is 1. The molecule has 1 fully saturated rings. The Morgan fingerprint density at radius 3 is 3.00 bits per heavy atom. The maximum Gasteiger partial charge on any atom is 0.225 e. The molecule has 0 bridgehead atoms. The number of hydrogen-bond acceptors (Lipinski definition) is 5. The van der Waals surface area contributed by atoms with Crippen LogP contribution in [0.15, 0.2) is 47.7 Å². The first-order valence-electron chi connectivity index (χ1n) is 9.07. The Kier molecular flexibility index (Phi) is 4.72. The standard InChI is InChI=1S/C19H22N6O2/c1-23-10-8-21-19(23)16-12-20-7-11-24(16)18(27)6-9-25-15-5-3-2-4-14(15)17(26)13-22-25/h2-5,8,10,13,16,20H,6-7,9,11-12H2,1H3. The SMILES string of the molecule is Cn1ccnc1C1CNCCN1C(=O)CCn1ncc(=O)c2ccccc21. The highest BCUT2D eigenvalue weighted by atomic mass is 16.2. The van der Waals surface area contributed by atoms with E-state index >= 15 is 0 Å². The number of fused-ring (bicyclic) bond motifs is 1. The summed E-state index contributed by atoms with van der Waals surface area (Å²) in [4.78, 5) is 31.2. The number of nitrogens with zero attached hydrogens (tertiary/aromatic N) is 5. The number of carbonyl (C=O) groups is 1. The lowest BCUT2D eigenvalue weighted by atomic mass is 10.1. The van der Waals surface area contributed by atoms with Gasteiger partial charge >= 0.3 is 0 Å². The monoisotopic (exact) mass is 366 g/mol. The van der Waals surface area contributed by atoms with Crippen LogP contribution in [0.4, 0.5) is 0 Å². The van der Waals surface area contributed by atoms with E-state index in [0.29, 0.717) is 31.4 Å². The Bertz CT molecular complexity index is 1020. The van der Waals surface area contributed by atoms with Gasteiger partial charge < -0.3 is 14.8 Å². The predicted molar refractivity (Wildman–Crippen MR) is 101 cm³/mol. The third-order valence-electron chi connectivity index (χ3n) is 5.02. The van der Waals surface area contributed by atoms with Crippen LogP contribution in [-0.2, 0) is 18.4 Å². The maximum absolute atomic E-state index is 12.9. The van der Waals surface area contributed by atoms with Crippen LogP contribution in [0.25, 0.3) is 10.9 Å². The lowest BCUT2D eigenvalue weighted by Gasteiger charge is -2.35. The molecule has 0 spiro atoms. The fraction of sp³-hybridized carbons (Fsp3) is 0.368. The van der Waals surface area contributed by atoms with Crippen LogP contribution in [0.2, 0.25) is 0 Å². The van der Waals surface area contributed by atoms with Gasteiger partial charge in [0.25, 0.3) is 0 Å². The number of benzene rings is 1. The molecule has 1 aliphatic heterocycles. The molecular formula is C19H22N6O2. The fourth-order valence-corrected chi connectivity index (χ4v) is 3.62. The van der Waals surface area contributed by atoms with Gasteiger partial charge in [0.15, 0.2) is 0 Å². The zero-order chi connectivity index (χ0) is 18.8. The van der Waals surface area contributed by atoms with E-state index in [1.807, 2.05) is 40.9 Å². The molecule has 4 rings (SSSR count). The minimum Gasteiger partial charge on any atom is -0.336 e. The van der Waals surface area contributed by atoms with Gasteiger partial charge in [-0.1, -0.05) is 12.1 Å². The number of carbonyl (C=O) groups excluding carboxylic acids is 1. The van der Waals surface area contributed by atoms with E-state index < -0.39 is 0 Å². The average Bonchev–Trinajstić information content (AvgIpc) is 3.13. The molecule has 1 amide bonds. The van der Waals surface area contributed by atoms with Crippen LogP contribution in [0, 0.1) is 0 Å². The Labute approximate surface area is 156 Å². The summed E-state index contributed by atoms with van der Waals surface area (Å²) >= 11 is 0. The van der Waals surface area contributed by atoms with Crippen LogP contribution >= 0.6 is 0 Å². The van der Waals surface area contributed by atoms with E-state index in [2.05, 4.69) is 15.4 Å². The molecule has 2 aromatic heterocycles. The summed E-state index contributed by atoms with van der Waals surface area (Å²) in [5.41, 5.74) is 0.642. The minimum absolute atomic E-state index is 0.0640. The second-order valence-electron chi connectivity index (χ2n) is 6.70. The lowest BCUT2D eigenvalue weighted by Crippen LogP contribution is -2.49. The van der Waals surface area contributed by atoms with E-state index in [1.54, 1.807) is 16.9 Å². The highest BCUT2D eigenvalue weighted by Crippen LogP contribution is 2.21. The van der Waals surface area contributed by atoms with Crippen molar-refractivity contribution in [3.8, 4) is 0 Å². The topological polar surface area (TPSA) is 85.1 Å². The molecule has 1 atom stereocenters. The van der Waals surface area contributed by atoms with E-state index in [4.69, 9.17) is 0 Å². The van der Waals surface area contributed by atoms with Gasteiger partial charge in [-0.05, 0) is 12.1 Å². The first-order valence-corrected chi connectivity index (χ1v) is 9.07. The molecule has 1 N–H and O–H groups in total. The van der Waals surface area contributed by atoms with Crippen molar-refractivity contribution >= 4 is 16.8 Å². The van der Waals surface area contributed by atoms with E-state index in [1.165, 1.54) is 6.20 Å². The smallest absolute Gasteiger partial charge is 0.225 e. The van der Waals surface area contributed by atoms with Gasteiger partial charge in [0.05, 0.1) is 18.3 Å². The third-order valence-corrected chi connectivity index (χ3v) is 5.02. The number of nitrogens with one attached hydrogen (secondary N) is 1. The van der Waals surface area contributed by atoms with Gasteiger partial charge in [0, 0.05) is 50.9 Å². The summed E-state index contributed by atoms with van der Waals surface area (Å²) in [6, 6.07) is 7.26. The van der Waals surface area contributed by atoms with Gasteiger partial charge in [-0.25, -0.2) is 4.98 Å². The number of hydrogen-bond donors (Lipinski definition) is 1. The molecule has 140 valence electrons. The number of aryl methyl sites for hydroxylation is 2.